The van der Waals surface area contributed by atoms with Crippen LogP contribution in [-0.2, 0) is 0 Å². The summed E-state index contributed by atoms with van der Waals surface area (Å²) in [6.45, 7) is 8.12. The lowest BCUT2D eigenvalue weighted by molar-refractivity contribution is 0.0641. The molecular weight excluding hydrogens is 472 g/mol. The molecule has 0 N–H and O–H groups in total. The monoisotopic (exact) mass is 506 g/mol. The number of nitrogens with zero attached hydrogens (tertiary/aromatic N) is 4. The van der Waals surface area contributed by atoms with Crippen molar-refractivity contribution in [1.82, 2.24) is 19.6 Å². The lowest BCUT2D eigenvalue weighted by atomic mass is 10.0. The molecule has 0 bridgehead atoms. The molecule has 4 aromatic rings. The summed E-state index contributed by atoms with van der Waals surface area (Å²) in [5.74, 6) is 0.767. The van der Waals surface area contributed by atoms with Crippen LogP contribution >= 0.6 is 0 Å². The van der Waals surface area contributed by atoms with E-state index >= 15 is 0 Å². The lowest BCUT2D eigenvalue weighted by Crippen LogP contribution is -2.49. The van der Waals surface area contributed by atoms with Crippen LogP contribution in [-0.4, -0.2) is 65.3 Å². The van der Waals surface area contributed by atoms with Crippen LogP contribution in [0.5, 0.6) is 5.75 Å². The molecule has 1 aromatic heterocycles. The Bertz CT molecular complexity index is 1420. The van der Waals surface area contributed by atoms with Crippen molar-refractivity contribution in [1.29, 1.82) is 0 Å². The van der Waals surface area contributed by atoms with Crippen molar-refractivity contribution in [2.24, 2.45) is 0 Å². The summed E-state index contributed by atoms with van der Waals surface area (Å²) in [7, 11) is 1.65. The average Bonchev–Trinajstić information content (AvgIpc) is 3.41. The number of aryl methyl sites for hydroxylation is 2. The van der Waals surface area contributed by atoms with E-state index in [9.17, 15) is 4.79 Å². The first kappa shape index (κ1) is 25.5. The number of hydrogen-bond acceptors (Lipinski definition) is 4. The molecule has 2 heterocycles. The highest BCUT2D eigenvalue weighted by Gasteiger charge is 2.26. The predicted octanol–water partition coefficient (Wildman–Crippen LogP) is 5.64. The van der Waals surface area contributed by atoms with Crippen LogP contribution in [0.25, 0.3) is 23.0 Å². The highest BCUT2D eigenvalue weighted by molar-refractivity contribution is 5.94. The van der Waals surface area contributed by atoms with Gasteiger partial charge in [-0.3, -0.25) is 9.69 Å². The number of carbonyl (C=O) groups is 1. The third-order valence-electron chi connectivity index (χ3n) is 7.18. The van der Waals surface area contributed by atoms with Gasteiger partial charge >= 0.3 is 0 Å². The molecule has 1 amide bonds. The van der Waals surface area contributed by atoms with Gasteiger partial charge in [0, 0.05) is 38.3 Å². The van der Waals surface area contributed by atoms with Gasteiger partial charge in [-0.05, 0) is 66.9 Å². The van der Waals surface area contributed by atoms with Gasteiger partial charge in [0.1, 0.15) is 11.4 Å². The Morgan fingerprint density at radius 2 is 1.63 bits per heavy atom. The summed E-state index contributed by atoms with van der Waals surface area (Å²) in [6, 6.07) is 26.2. The van der Waals surface area contributed by atoms with E-state index in [2.05, 4.69) is 61.2 Å². The van der Waals surface area contributed by atoms with Gasteiger partial charge in [-0.1, -0.05) is 54.6 Å². The summed E-state index contributed by atoms with van der Waals surface area (Å²) in [6.07, 6.45) is 4.35. The Balaban J connectivity index is 1.34. The molecule has 0 aliphatic carbocycles. The molecule has 38 heavy (non-hydrogen) atoms. The minimum Gasteiger partial charge on any atom is -0.497 e. The maximum atomic E-state index is 13.8. The topological polar surface area (TPSA) is 50.6 Å². The average molecular weight is 507 g/mol. The first-order chi connectivity index (χ1) is 18.5. The number of amides is 1. The molecule has 1 saturated heterocycles. The zero-order chi connectivity index (χ0) is 26.5. The summed E-state index contributed by atoms with van der Waals surface area (Å²) >= 11 is 0. The number of aromatic nitrogens is 2. The maximum Gasteiger partial charge on any atom is 0.272 e. The van der Waals surface area contributed by atoms with Gasteiger partial charge in [0.25, 0.3) is 5.91 Å². The first-order valence-electron chi connectivity index (χ1n) is 13.1. The molecule has 1 fully saturated rings. The number of hydrogen-bond donors (Lipinski definition) is 0. The van der Waals surface area contributed by atoms with E-state index in [-0.39, 0.29) is 5.91 Å². The van der Waals surface area contributed by atoms with E-state index in [1.807, 2.05) is 53.4 Å². The van der Waals surface area contributed by atoms with Gasteiger partial charge in [-0.2, -0.15) is 5.10 Å². The van der Waals surface area contributed by atoms with Gasteiger partial charge in [0.05, 0.1) is 18.5 Å². The number of ether oxygens (including phenoxy) is 1. The van der Waals surface area contributed by atoms with E-state index in [1.165, 1.54) is 16.7 Å². The molecule has 194 valence electrons. The summed E-state index contributed by atoms with van der Waals surface area (Å²) in [5, 5.41) is 4.89. The SMILES string of the molecule is COc1ccc(-n2nc(-c3ccc(C)c(C)c3)cc2C(=O)N2CCN(C/C=C/c3ccccc3)CC2)cc1. The number of piperazine rings is 1. The highest BCUT2D eigenvalue weighted by atomic mass is 16.5. The van der Waals surface area contributed by atoms with E-state index in [1.54, 1.807) is 11.8 Å². The zero-order valence-corrected chi connectivity index (χ0v) is 22.3. The second-order valence-electron chi connectivity index (χ2n) is 9.73. The Kier molecular flexibility index (Phi) is 7.70. The minimum absolute atomic E-state index is 0.00267. The summed E-state index contributed by atoms with van der Waals surface area (Å²) in [5.41, 5.74) is 6.83. The fourth-order valence-corrected chi connectivity index (χ4v) is 4.69. The van der Waals surface area contributed by atoms with Crippen molar-refractivity contribution in [3.05, 3.63) is 107 Å². The van der Waals surface area contributed by atoms with Crippen LogP contribution in [0.1, 0.15) is 27.2 Å². The van der Waals surface area contributed by atoms with Gasteiger partial charge in [0.15, 0.2) is 0 Å². The minimum atomic E-state index is 0.00267. The quantitative estimate of drug-likeness (QED) is 0.326. The molecule has 6 heteroatoms. The summed E-state index contributed by atoms with van der Waals surface area (Å²) < 4.78 is 7.09. The number of carbonyl (C=O) groups excluding carboxylic acids is 1. The normalized spacial score (nSPS) is 14.2. The van der Waals surface area contributed by atoms with Gasteiger partial charge in [0.2, 0.25) is 0 Å². The van der Waals surface area contributed by atoms with Crippen LogP contribution in [0.4, 0.5) is 0 Å². The molecular formula is C32H34N4O2. The van der Waals surface area contributed by atoms with Crippen LogP contribution in [0, 0.1) is 13.8 Å². The van der Waals surface area contributed by atoms with E-state index in [4.69, 9.17) is 9.84 Å². The Labute approximate surface area is 224 Å². The maximum absolute atomic E-state index is 13.8. The van der Waals surface area contributed by atoms with Crippen molar-refractivity contribution >= 4 is 12.0 Å². The molecule has 0 atom stereocenters. The van der Waals surface area contributed by atoms with E-state index < -0.39 is 0 Å². The van der Waals surface area contributed by atoms with Gasteiger partial charge < -0.3 is 9.64 Å². The van der Waals surface area contributed by atoms with E-state index in [0.717, 1.165) is 42.3 Å². The van der Waals surface area contributed by atoms with Crippen molar-refractivity contribution in [2.45, 2.75) is 13.8 Å². The Morgan fingerprint density at radius 3 is 2.32 bits per heavy atom. The van der Waals surface area contributed by atoms with Gasteiger partial charge in [-0.25, -0.2) is 4.68 Å². The second kappa shape index (κ2) is 11.5. The Morgan fingerprint density at radius 1 is 0.895 bits per heavy atom. The van der Waals surface area contributed by atoms with Crippen LogP contribution in [0.15, 0.2) is 84.9 Å². The third kappa shape index (κ3) is 5.71. The predicted molar refractivity (Wildman–Crippen MR) is 153 cm³/mol. The lowest BCUT2D eigenvalue weighted by Gasteiger charge is -2.34. The molecule has 0 spiro atoms. The number of benzene rings is 3. The highest BCUT2D eigenvalue weighted by Crippen LogP contribution is 2.26. The van der Waals surface area contributed by atoms with Crippen molar-refractivity contribution < 1.29 is 9.53 Å². The fraction of sp³-hybridized carbons (Fsp3) is 0.250. The van der Waals surface area contributed by atoms with Crippen molar-refractivity contribution in [3.63, 3.8) is 0 Å². The molecule has 1 aliphatic heterocycles. The molecule has 5 rings (SSSR count). The smallest absolute Gasteiger partial charge is 0.272 e. The molecule has 0 saturated carbocycles. The molecule has 3 aromatic carbocycles. The zero-order valence-electron chi connectivity index (χ0n) is 22.3. The number of rotatable bonds is 7. The van der Waals surface area contributed by atoms with Crippen LogP contribution in [0.2, 0.25) is 0 Å². The van der Waals surface area contributed by atoms with Crippen LogP contribution in [0.3, 0.4) is 0 Å². The molecule has 0 unspecified atom stereocenters. The van der Waals surface area contributed by atoms with Crippen molar-refractivity contribution in [2.75, 3.05) is 39.8 Å². The first-order valence-corrected chi connectivity index (χ1v) is 13.1. The fourth-order valence-electron chi connectivity index (χ4n) is 4.69. The second-order valence-corrected chi connectivity index (χ2v) is 9.73. The van der Waals surface area contributed by atoms with Crippen molar-refractivity contribution in [3.8, 4) is 22.7 Å². The summed E-state index contributed by atoms with van der Waals surface area (Å²) in [4.78, 5) is 18.1. The number of methoxy groups -OCH3 is 1. The largest absolute Gasteiger partial charge is 0.497 e. The molecule has 1 aliphatic rings. The standard InChI is InChI=1S/C32H34N4O2/c1-24-11-12-27(22-25(24)2)30-23-31(36(33-30)28-13-15-29(38-3)16-14-28)32(37)35-20-18-34(19-21-35)17-7-10-26-8-5-4-6-9-26/h4-16,22-23H,17-21H2,1-3H3/b10-7+. The van der Waals surface area contributed by atoms with Crippen LogP contribution < -0.4 is 4.74 Å². The van der Waals surface area contributed by atoms with Gasteiger partial charge in [-0.15, -0.1) is 0 Å². The Hall–Kier alpha value is -4.16. The molecule has 6 nitrogen and oxygen atoms in total. The third-order valence-corrected chi connectivity index (χ3v) is 7.18. The van der Waals surface area contributed by atoms with E-state index in [0.29, 0.717) is 18.8 Å². The molecule has 0 radical (unpaired) electrons.